The molecular formula is C11H14FNO. The van der Waals surface area contributed by atoms with E-state index in [2.05, 4.69) is 0 Å². The predicted molar refractivity (Wildman–Crippen MR) is 53.0 cm³/mol. The molecule has 0 amide bonds. The van der Waals surface area contributed by atoms with Crippen molar-refractivity contribution in [2.45, 2.75) is 24.6 Å². The standard InChI is InChI=1S/C11H14FNO/c1-14-9-4-2-8(3-5-9)10(12)11(13)6-7-11/h2-5,10H,6-7,13H2,1H3. The van der Waals surface area contributed by atoms with E-state index in [-0.39, 0.29) is 0 Å². The lowest BCUT2D eigenvalue weighted by Crippen LogP contribution is -2.27. The number of nitrogens with two attached hydrogens (primary N) is 1. The molecule has 0 heterocycles. The molecule has 0 bridgehead atoms. The number of rotatable bonds is 3. The topological polar surface area (TPSA) is 35.2 Å². The van der Waals surface area contributed by atoms with Gasteiger partial charge in [-0.05, 0) is 30.5 Å². The summed E-state index contributed by atoms with van der Waals surface area (Å²) in [7, 11) is 1.59. The molecule has 14 heavy (non-hydrogen) atoms. The third-order valence-corrected chi connectivity index (χ3v) is 2.74. The molecule has 76 valence electrons. The van der Waals surface area contributed by atoms with Crippen LogP contribution in [0.3, 0.4) is 0 Å². The quantitative estimate of drug-likeness (QED) is 0.802. The van der Waals surface area contributed by atoms with Crippen molar-refractivity contribution in [1.82, 2.24) is 0 Å². The van der Waals surface area contributed by atoms with Gasteiger partial charge in [-0.2, -0.15) is 0 Å². The highest BCUT2D eigenvalue weighted by atomic mass is 19.1. The first-order valence-corrected chi connectivity index (χ1v) is 4.73. The van der Waals surface area contributed by atoms with E-state index in [0.29, 0.717) is 5.56 Å². The number of alkyl halides is 1. The molecule has 1 fully saturated rings. The van der Waals surface area contributed by atoms with Crippen molar-refractivity contribution >= 4 is 0 Å². The summed E-state index contributed by atoms with van der Waals surface area (Å²) in [4.78, 5) is 0. The molecule has 0 radical (unpaired) electrons. The summed E-state index contributed by atoms with van der Waals surface area (Å²) in [6, 6.07) is 6.98. The van der Waals surface area contributed by atoms with Crippen molar-refractivity contribution < 1.29 is 9.13 Å². The predicted octanol–water partition coefficient (Wildman–Crippen LogP) is 2.20. The summed E-state index contributed by atoms with van der Waals surface area (Å²) in [5.74, 6) is 0.739. The maximum atomic E-state index is 13.8. The average molecular weight is 195 g/mol. The lowest BCUT2D eigenvalue weighted by atomic mass is 10.0. The zero-order valence-electron chi connectivity index (χ0n) is 8.16. The average Bonchev–Trinajstić information content (AvgIpc) is 2.97. The zero-order chi connectivity index (χ0) is 10.2. The van der Waals surface area contributed by atoms with Gasteiger partial charge in [-0.15, -0.1) is 0 Å². The van der Waals surface area contributed by atoms with Gasteiger partial charge in [-0.1, -0.05) is 12.1 Å². The summed E-state index contributed by atoms with van der Waals surface area (Å²) in [5.41, 5.74) is 5.83. The van der Waals surface area contributed by atoms with Gasteiger partial charge in [0.2, 0.25) is 0 Å². The summed E-state index contributed by atoms with van der Waals surface area (Å²) in [6.07, 6.45) is 0.508. The highest BCUT2D eigenvalue weighted by Crippen LogP contribution is 2.45. The molecule has 2 nitrogen and oxygen atoms in total. The molecule has 0 aliphatic heterocycles. The Morgan fingerprint density at radius 2 is 1.93 bits per heavy atom. The van der Waals surface area contributed by atoms with E-state index in [1.54, 1.807) is 31.4 Å². The summed E-state index contributed by atoms with van der Waals surface area (Å²) in [5, 5.41) is 0. The first-order chi connectivity index (χ1) is 6.65. The molecule has 0 aromatic heterocycles. The van der Waals surface area contributed by atoms with E-state index in [9.17, 15) is 4.39 Å². The van der Waals surface area contributed by atoms with Crippen molar-refractivity contribution in [2.24, 2.45) is 5.73 Å². The number of benzene rings is 1. The van der Waals surface area contributed by atoms with E-state index in [1.165, 1.54) is 0 Å². The minimum Gasteiger partial charge on any atom is -0.497 e. The Bertz CT molecular complexity index is 319. The molecule has 3 heteroatoms. The minimum atomic E-state index is -1.05. The first-order valence-electron chi connectivity index (χ1n) is 4.73. The largest absolute Gasteiger partial charge is 0.497 e. The van der Waals surface area contributed by atoms with Crippen molar-refractivity contribution in [2.75, 3.05) is 7.11 Å². The number of halogens is 1. The van der Waals surface area contributed by atoms with Gasteiger partial charge in [0.05, 0.1) is 12.6 Å². The molecule has 1 unspecified atom stereocenters. The summed E-state index contributed by atoms with van der Waals surface area (Å²) in [6.45, 7) is 0. The third-order valence-electron chi connectivity index (χ3n) is 2.74. The molecule has 1 atom stereocenters. The SMILES string of the molecule is COc1ccc(C(F)C2(N)CC2)cc1. The van der Waals surface area contributed by atoms with Gasteiger partial charge in [0.1, 0.15) is 11.9 Å². The van der Waals surface area contributed by atoms with Crippen LogP contribution in [-0.2, 0) is 0 Å². The van der Waals surface area contributed by atoms with E-state index >= 15 is 0 Å². The highest BCUT2D eigenvalue weighted by molar-refractivity contribution is 5.31. The lowest BCUT2D eigenvalue weighted by molar-refractivity contribution is 0.274. The van der Waals surface area contributed by atoms with E-state index in [0.717, 1.165) is 18.6 Å². The highest BCUT2D eigenvalue weighted by Gasteiger charge is 2.47. The molecule has 2 rings (SSSR count). The number of methoxy groups -OCH3 is 1. The Morgan fingerprint density at radius 3 is 2.36 bits per heavy atom. The summed E-state index contributed by atoms with van der Waals surface area (Å²) >= 11 is 0. The van der Waals surface area contributed by atoms with Crippen molar-refractivity contribution in [1.29, 1.82) is 0 Å². The van der Waals surface area contributed by atoms with Crippen LogP contribution < -0.4 is 10.5 Å². The van der Waals surface area contributed by atoms with Gasteiger partial charge in [0.25, 0.3) is 0 Å². The lowest BCUT2D eigenvalue weighted by Gasteiger charge is -2.15. The Kier molecular flexibility index (Phi) is 2.19. The Hall–Kier alpha value is -1.09. The maximum Gasteiger partial charge on any atom is 0.143 e. The Morgan fingerprint density at radius 1 is 1.36 bits per heavy atom. The van der Waals surface area contributed by atoms with Gasteiger partial charge in [-0.25, -0.2) is 4.39 Å². The summed E-state index contributed by atoms with van der Waals surface area (Å²) < 4.78 is 18.8. The minimum absolute atomic E-state index is 0.603. The molecule has 0 spiro atoms. The Labute approximate surface area is 82.9 Å². The number of hydrogen-bond acceptors (Lipinski definition) is 2. The zero-order valence-corrected chi connectivity index (χ0v) is 8.16. The van der Waals surface area contributed by atoms with Crippen LogP contribution in [0.25, 0.3) is 0 Å². The van der Waals surface area contributed by atoms with Crippen LogP contribution in [0.5, 0.6) is 5.75 Å². The molecule has 2 N–H and O–H groups in total. The fourth-order valence-electron chi connectivity index (χ4n) is 1.50. The van der Waals surface area contributed by atoms with Crippen LogP contribution in [-0.4, -0.2) is 12.6 Å². The monoisotopic (exact) mass is 195 g/mol. The molecular weight excluding hydrogens is 181 g/mol. The molecule has 1 aromatic carbocycles. The molecule has 1 aliphatic carbocycles. The normalized spacial score (nSPS) is 20.2. The van der Waals surface area contributed by atoms with Gasteiger partial charge in [-0.3, -0.25) is 0 Å². The molecule has 1 saturated carbocycles. The number of ether oxygens (including phenoxy) is 1. The fraction of sp³-hybridized carbons (Fsp3) is 0.455. The third kappa shape index (κ3) is 1.60. The van der Waals surface area contributed by atoms with Crippen LogP contribution in [0.2, 0.25) is 0 Å². The Balaban J connectivity index is 2.16. The fourth-order valence-corrected chi connectivity index (χ4v) is 1.50. The molecule has 0 saturated heterocycles. The van der Waals surface area contributed by atoms with Crippen LogP contribution in [0.4, 0.5) is 4.39 Å². The van der Waals surface area contributed by atoms with Gasteiger partial charge in [0.15, 0.2) is 0 Å². The molecule has 1 aromatic rings. The van der Waals surface area contributed by atoms with Crippen LogP contribution in [0.1, 0.15) is 24.6 Å². The van der Waals surface area contributed by atoms with Gasteiger partial charge in [0, 0.05) is 0 Å². The van der Waals surface area contributed by atoms with Crippen LogP contribution in [0.15, 0.2) is 24.3 Å². The number of hydrogen-bond donors (Lipinski definition) is 1. The van der Waals surface area contributed by atoms with Gasteiger partial charge < -0.3 is 10.5 Å². The molecule has 1 aliphatic rings. The van der Waals surface area contributed by atoms with E-state index < -0.39 is 11.7 Å². The van der Waals surface area contributed by atoms with Gasteiger partial charge >= 0.3 is 0 Å². The second-order valence-electron chi connectivity index (χ2n) is 3.87. The van der Waals surface area contributed by atoms with Crippen molar-refractivity contribution in [3.8, 4) is 5.75 Å². The van der Waals surface area contributed by atoms with Crippen molar-refractivity contribution in [3.05, 3.63) is 29.8 Å². The second kappa shape index (κ2) is 3.24. The maximum absolute atomic E-state index is 13.8. The van der Waals surface area contributed by atoms with Crippen LogP contribution >= 0.6 is 0 Å². The smallest absolute Gasteiger partial charge is 0.143 e. The first kappa shape index (κ1) is 9.46. The van der Waals surface area contributed by atoms with Crippen LogP contribution in [0, 0.1) is 0 Å². The second-order valence-corrected chi connectivity index (χ2v) is 3.87. The van der Waals surface area contributed by atoms with E-state index in [1.807, 2.05) is 0 Å². The van der Waals surface area contributed by atoms with E-state index in [4.69, 9.17) is 10.5 Å². The van der Waals surface area contributed by atoms with Crippen molar-refractivity contribution in [3.63, 3.8) is 0 Å².